The molecule has 7 heteroatoms. The predicted octanol–water partition coefficient (Wildman–Crippen LogP) is 4.23. The highest BCUT2D eigenvalue weighted by molar-refractivity contribution is 7.21. The van der Waals surface area contributed by atoms with Gasteiger partial charge in [0.25, 0.3) is 5.91 Å². The summed E-state index contributed by atoms with van der Waals surface area (Å²) in [6.07, 6.45) is 4.51. The van der Waals surface area contributed by atoms with Crippen molar-refractivity contribution in [2.45, 2.75) is 31.7 Å². The Bertz CT molecular complexity index is 946. The SMILES string of the molecule is O=C(CCc1ccccc1)NC1CCN(C(=O)c2cnc(-c3cccs3)s2)CC1. The molecule has 1 aliphatic heterocycles. The van der Waals surface area contributed by atoms with Gasteiger partial charge in [-0.25, -0.2) is 4.98 Å². The van der Waals surface area contributed by atoms with Crippen molar-refractivity contribution in [2.75, 3.05) is 13.1 Å². The summed E-state index contributed by atoms with van der Waals surface area (Å²) in [6.45, 7) is 1.32. The standard InChI is InChI=1S/C22H23N3O2S2/c26-20(9-8-16-5-2-1-3-6-16)24-17-10-12-25(13-11-17)22(27)19-15-23-21(29-19)18-7-4-14-28-18/h1-7,14-15,17H,8-13H2,(H,24,26). The summed E-state index contributed by atoms with van der Waals surface area (Å²) in [4.78, 5) is 33.1. The molecule has 4 rings (SSSR count). The van der Waals surface area contributed by atoms with Crippen molar-refractivity contribution < 1.29 is 9.59 Å². The van der Waals surface area contributed by atoms with Crippen LogP contribution in [0.25, 0.3) is 9.88 Å². The van der Waals surface area contributed by atoms with Gasteiger partial charge < -0.3 is 10.2 Å². The summed E-state index contributed by atoms with van der Waals surface area (Å²) in [6, 6.07) is 14.2. The lowest BCUT2D eigenvalue weighted by molar-refractivity contribution is -0.122. The quantitative estimate of drug-likeness (QED) is 0.643. The maximum Gasteiger partial charge on any atom is 0.265 e. The predicted molar refractivity (Wildman–Crippen MR) is 117 cm³/mol. The molecular weight excluding hydrogens is 402 g/mol. The van der Waals surface area contributed by atoms with Gasteiger partial charge in [-0.15, -0.1) is 22.7 Å². The Morgan fingerprint density at radius 1 is 1.10 bits per heavy atom. The van der Waals surface area contributed by atoms with Crippen LogP contribution in [0.4, 0.5) is 0 Å². The minimum absolute atomic E-state index is 0.0409. The molecule has 0 bridgehead atoms. The van der Waals surface area contributed by atoms with E-state index in [-0.39, 0.29) is 17.9 Å². The number of rotatable bonds is 6. The van der Waals surface area contributed by atoms with E-state index in [0.717, 1.165) is 29.1 Å². The van der Waals surface area contributed by atoms with Crippen LogP contribution in [-0.4, -0.2) is 40.8 Å². The fourth-order valence-corrected chi connectivity index (χ4v) is 5.16. The summed E-state index contributed by atoms with van der Waals surface area (Å²) < 4.78 is 0. The molecule has 1 aliphatic rings. The minimum atomic E-state index is 0.0409. The van der Waals surface area contributed by atoms with Crippen molar-refractivity contribution in [3.05, 3.63) is 64.5 Å². The van der Waals surface area contributed by atoms with Gasteiger partial charge >= 0.3 is 0 Å². The molecule has 1 aromatic carbocycles. The number of benzene rings is 1. The van der Waals surface area contributed by atoms with Crippen LogP contribution in [0, 0.1) is 0 Å². The molecule has 0 radical (unpaired) electrons. The summed E-state index contributed by atoms with van der Waals surface area (Å²) in [5.74, 6) is 0.126. The van der Waals surface area contributed by atoms with Gasteiger partial charge in [0.2, 0.25) is 5.91 Å². The number of thiazole rings is 1. The second kappa shape index (κ2) is 9.33. The topological polar surface area (TPSA) is 62.3 Å². The smallest absolute Gasteiger partial charge is 0.265 e. The molecule has 29 heavy (non-hydrogen) atoms. The zero-order chi connectivity index (χ0) is 20.1. The van der Waals surface area contributed by atoms with E-state index in [2.05, 4.69) is 10.3 Å². The van der Waals surface area contributed by atoms with Crippen molar-refractivity contribution >= 4 is 34.5 Å². The van der Waals surface area contributed by atoms with Gasteiger partial charge in [-0.2, -0.15) is 0 Å². The van der Waals surface area contributed by atoms with Crippen LogP contribution in [0.15, 0.2) is 54.0 Å². The fraction of sp³-hybridized carbons (Fsp3) is 0.318. The number of carbonyl (C=O) groups is 2. The number of aromatic nitrogens is 1. The van der Waals surface area contributed by atoms with Gasteiger partial charge in [0.05, 0.1) is 11.1 Å². The molecule has 2 amide bonds. The van der Waals surface area contributed by atoms with Crippen molar-refractivity contribution in [3.8, 4) is 9.88 Å². The maximum atomic E-state index is 12.8. The molecule has 1 N–H and O–H groups in total. The Hall–Kier alpha value is -2.51. The highest BCUT2D eigenvalue weighted by Crippen LogP contribution is 2.29. The van der Waals surface area contributed by atoms with E-state index in [9.17, 15) is 9.59 Å². The van der Waals surface area contributed by atoms with Gasteiger partial charge in [-0.1, -0.05) is 36.4 Å². The first-order valence-corrected chi connectivity index (χ1v) is 11.5. The molecule has 5 nitrogen and oxygen atoms in total. The largest absolute Gasteiger partial charge is 0.353 e. The molecule has 0 aliphatic carbocycles. The van der Waals surface area contributed by atoms with Crippen molar-refractivity contribution in [1.29, 1.82) is 0 Å². The average Bonchev–Trinajstić information content (AvgIpc) is 3.45. The van der Waals surface area contributed by atoms with Gasteiger partial charge in [0.1, 0.15) is 9.88 Å². The Labute approximate surface area is 178 Å². The number of likely N-dealkylation sites (tertiary alicyclic amines) is 1. The normalized spacial score (nSPS) is 14.7. The number of thiophene rings is 1. The van der Waals surface area contributed by atoms with Crippen LogP contribution in [0.1, 0.15) is 34.5 Å². The fourth-order valence-electron chi connectivity index (χ4n) is 3.47. The average molecular weight is 426 g/mol. The summed E-state index contributed by atoms with van der Waals surface area (Å²) in [5, 5.41) is 6.03. The maximum absolute atomic E-state index is 12.8. The Morgan fingerprint density at radius 2 is 1.90 bits per heavy atom. The van der Waals surface area contributed by atoms with Crippen molar-refractivity contribution in [2.24, 2.45) is 0 Å². The Morgan fingerprint density at radius 3 is 2.62 bits per heavy atom. The number of hydrogen-bond donors (Lipinski definition) is 1. The van der Waals surface area contributed by atoms with Gasteiger partial charge in [-0.05, 0) is 36.3 Å². The summed E-state index contributed by atoms with van der Waals surface area (Å²) >= 11 is 3.07. The monoisotopic (exact) mass is 425 g/mol. The molecule has 0 atom stereocenters. The lowest BCUT2D eigenvalue weighted by atomic mass is 10.0. The lowest BCUT2D eigenvalue weighted by Gasteiger charge is -2.32. The lowest BCUT2D eigenvalue weighted by Crippen LogP contribution is -2.46. The Kier molecular flexibility index (Phi) is 6.36. The molecule has 0 saturated carbocycles. The van der Waals surface area contributed by atoms with Gasteiger partial charge in [0.15, 0.2) is 0 Å². The molecule has 3 heterocycles. The molecule has 0 unspecified atom stereocenters. The van der Waals surface area contributed by atoms with Crippen LogP contribution >= 0.6 is 22.7 Å². The van der Waals surface area contributed by atoms with Gasteiger partial charge in [0, 0.05) is 25.6 Å². The van der Waals surface area contributed by atoms with Crippen molar-refractivity contribution in [3.63, 3.8) is 0 Å². The summed E-state index contributed by atoms with van der Waals surface area (Å²) in [7, 11) is 0. The third kappa shape index (κ3) is 5.10. The molecule has 150 valence electrons. The highest BCUT2D eigenvalue weighted by Gasteiger charge is 2.26. The van der Waals surface area contributed by atoms with E-state index in [1.54, 1.807) is 17.5 Å². The van der Waals surface area contributed by atoms with E-state index < -0.39 is 0 Å². The number of nitrogens with one attached hydrogen (secondary N) is 1. The van der Waals surface area contributed by atoms with E-state index in [1.165, 1.54) is 16.9 Å². The number of carbonyl (C=O) groups excluding carboxylic acids is 2. The molecular formula is C22H23N3O2S2. The first-order chi connectivity index (χ1) is 14.2. The second-order valence-corrected chi connectivity index (χ2v) is 9.10. The third-order valence-electron chi connectivity index (χ3n) is 5.08. The van der Waals surface area contributed by atoms with E-state index in [4.69, 9.17) is 0 Å². The van der Waals surface area contributed by atoms with E-state index in [0.29, 0.717) is 24.4 Å². The number of amides is 2. The minimum Gasteiger partial charge on any atom is -0.353 e. The number of piperidine rings is 1. The van der Waals surface area contributed by atoms with Crippen LogP contribution < -0.4 is 5.32 Å². The van der Waals surface area contributed by atoms with Crippen LogP contribution in [0.3, 0.4) is 0 Å². The number of hydrogen-bond acceptors (Lipinski definition) is 5. The molecule has 1 fully saturated rings. The molecule has 1 saturated heterocycles. The van der Waals surface area contributed by atoms with Gasteiger partial charge in [-0.3, -0.25) is 9.59 Å². The van der Waals surface area contributed by atoms with Crippen LogP contribution in [0.2, 0.25) is 0 Å². The zero-order valence-corrected chi connectivity index (χ0v) is 17.7. The second-order valence-electron chi connectivity index (χ2n) is 7.13. The first-order valence-electron chi connectivity index (χ1n) is 9.81. The molecule has 3 aromatic rings. The van der Waals surface area contributed by atoms with Crippen LogP contribution in [-0.2, 0) is 11.2 Å². The highest BCUT2D eigenvalue weighted by atomic mass is 32.1. The molecule has 2 aromatic heterocycles. The zero-order valence-electron chi connectivity index (χ0n) is 16.0. The van der Waals surface area contributed by atoms with Crippen LogP contribution in [0.5, 0.6) is 0 Å². The van der Waals surface area contributed by atoms with Crippen molar-refractivity contribution in [1.82, 2.24) is 15.2 Å². The Balaban J connectivity index is 1.24. The first kappa shape index (κ1) is 19.8. The third-order valence-corrected chi connectivity index (χ3v) is 7.10. The summed E-state index contributed by atoms with van der Waals surface area (Å²) in [5.41, 5.74) is 1.18. The van der Waals surface area contributed by atoms with E-state index >= 15 is 0 Å². The number of nitrogens with zero attached hydrogens (tertiary/aromatic N) is 2. The molecule has 0 spiro atoms. The van der Waals surface area contributed by atoms with E-state index in [1.807, 2.05) is 52.7 Å². The number of aryl methyl sites for hydroxylation is 1.